The second-order valence-electron chi connectivity index (χ2n) is 6.61. The number of halogens is 2. The number of carbonyl (C=O) groups is 1. The molecule has 8 heteroatoms. The zero-order valence-corrected chi connectivity index (χ0v) is 17.1. The molecule has 1 unspecified atom stereocenters. The summed E-state index contributed by atoms with van der Waals surface area (Å²) in [4.78, 5) is 12.9. The molecule has 1 atom stereocenters. The van der Waals surface area contributed by atoms with E-state index in [1.807, 2.05) is 6.92 Å². The second-order valence-corrected chi connectivity index (χ2v) is 9.33. The number of rotatable bonds is 4. The quantitative estimate of drug-likeness (QED) is 0.790. The number of anilines is 1. The number of sulfonamides is 1. The summed E-state index contributed by atoms with van der Waals surface area (Å²) in [6.07, 6.45) is 1.23. The van der Waals surface area contributed by atoms with E-state index in [0.717, 1.165) is 5.56 Å². The maximum absolute atomic E-state index is 12.9. The average molecular weight is 427 g/mol. The highest BCUT2D eigenvalue weighted by molar-refractivity contribution is 7.89. The number of aryl methyl sites for hydroxylation is 1. The molecule has 1 aliphatic heterocycles. The Kier molecular flexibility index (Phi) is 6.11. The Morgan fingerprint density at radius 3 is 2.56 bits per heavy atom. The first-order chi connectivity index (χ1) is 12.8. The van der Waals surface area contributed by atoms with Crippen LogP contribution in [0.1, 0.15) is 18.4 Å². The third-order valence-corrected chi connectivity index (χ3v) is 7.32. The van der Waals surface area contributed by atoms with Crippen LogP contribution in [0.3, 0.4) is 0 Å². The van der Waals surface area contributed by atoms with Gasteiger partial charge in [0.1, 0.15) is 0 Å². The van der Waals surface area contributed by atoms with Crippen molar-refractivity contribution in [3.05, 3.63) is 58.1 Å². The van der Waals surface area contributed by atoms with Crippen molar-refractivity contribution in [2.24, 2.45) is 5.92 Å². The normalized spacial score (nSPS) is 18.3. The minimum Gasteiger partial charge on any atom is -0.324 e. The lowest BCUT2D eigenvalue weighted by Crippen LogP contribution is -2.43. The number of nitrogens with one attached hydrogen (secondary N) is 1. The van der Waals surface area contributed by atoms with E-state index in [9.17, 15) is 13.2 Å². The molecule has 1 N–H and O–H groups in total. The molecule has 27 heavy (non-hydrogen) atoms. The summed E-state index contributed by atoms with van der Waals surface area (Å²) in [5.74, 6) is -0.711. The minimum atomic E-state index is -3.63. The van der Waals surface area contributed by atoms with Crippen LogP contribution < -0.4 is 5.32 Å². The molecule has 2 aromatic rings. The number of amides is 1. The van der Waals surface area contributed by atoms with E-state index in [4.69, 9.17) is 23.2 Å². The molecule has 1 aliphatic rings. The molecule has 1 fully saturated rings. The summed E-state index contributed by atoms with van der Waals surface area (Å²) in [6.45, 7) is 2.44. The Morgan fingerprint density at radius 1 is 1.15 bits per heavy atom. The van der Waals surface area contributed by atoms with Crippen molar-refractivity contribution in [3.8, 4) is 0 Å². The summed E-state index contributed by atoms with van der Waals surface area (Å²) in [5.41, 5.74) is 1.41. The summed E-state index contributed by atoms with van der Waals surface area (Å²) >= 11 is 12.1. The van der Waals surface area contributed by atoms with Gasteiger partial charge in [0.05, 0.1) is 26.5 Å². The van der Waals surface area contributed by atoms with Crippen LogP contribution in [0, 0.1) is 12.8 Å². The lowest BCUT2D eigenvalue weighted by molar-refractivity contribution is -0.120. The highest BCUT2D eigenvalue weighted by Gasteiger charge is 2.33. The first kappa shape index (κ1) is 20.1. The molecule has 0 aliphatic carbocycles. The molecule has 1 amide bonds. The summed E-state index contributed by atoms with van der Waals surface area (Å²) in [5, 5.41) is 3.38. The zero-order chi connectivity index (χ0) is 19.6. The van der Waals surface area contributed by atoms with Crippen LogP contribution in [-0.4, -0.2) is 31.7 Å². The van der Waals surface area contributed by atoms with Crippen molar-refractivity contribution >= 4 is 44.8 Å². The lowest BCUT2D eigenvalue weighted by atomic mass is 9.99. The van der Waals surface area contributed by atoms with Crippen molar-refractivity contribution in [1.82, 2.24) is 4.31 Å². The number of piperidine rings is 1. The maximum Gasteiger partial charge on any atom is 0.243 e. The molecule has 0 spiro atoms. The average Bonchev–Trinajstić information content (AvgIpc) is 2.66. The molecule has 0 saturated carbocycles. The van der Waals surface area contributed by atoms with Crippen molar-refractivity contribution in [2.45, 2.75) is 24.7 Å². The van der Waals surface area contributed by atoms with Gasteiger partial charge in [0.15, 0.2) is 0 Å². The Bertz CT molecular complexity index is 946. The number of benzene rings is 2. The Hall–Kier alpha value is -1.60. The van der Waals surface area contributed by atoms with Gasteiger partial charge in [-0.3, -0.25) is 4.79 Å². The monoisotopic (exact) mass is 426 g/mol. The van der Waals surface area contributed by atoms with Gasteiger partial charge < -0.3 is 5.32 Å². The van der Waals surface area contributed by atoms with Crippen LogP contribution in [-0.2, 0) is 14.8 Å². The van der Waals surface area contributed by atoms with E-state index < -0.39 is 15.9 Å². The number of nitrogens with zero attached hydrogens (tertiary/aromatic N) is 1. The first-order valence-corrected chi connectivity index (χ1v) is 10.8. The van der Waals surface area contributed by atoms with E-state index in [-0.39, 0.29) is 22.4 Å². The standard InChI is InChI=1S/C19H20Cl2N2O3S/c1-13-7-9-15(10-8-13)27(25,26)23-11-3-4-14(12-23)19(24)22-17-6-2-5-16(20)18(17)21/h2,5-10,14H,3-4,11-12H2,1H3,(H,22,24). The third kappa shape index (κ3) is 4.46. The topological polar surface area (TPSA) is 66.5 Å². The Balaban J connectivity index is 1.74. The zero-order valence-electron chi connectivity index (χ0n) is 14.8. The molecule has 5 nitrogen and oxygen atoms in total. The van der Waals surface area contributed by atoms with E-state index in [1.54, 1.807) is 42.5 Å². The number of carbonyl (C=O) groups excluding carboxylic acids is 1. The summed E-state index contributed by atoms with van der Waals surface area (Å²) in [6, 6.07) is 11.7. The van der Waals surface area contributed by atoms with Gasteiger partial charge in [-0.1, -0.05) is 47.0 Å². The summed E-state index contributed by atoms with van der Waals surface area (Å²) in [7, 11) is -3.63. The highest BCUT2D eigenvalue weighted by atomic mass is 35.5. The predicted octanol–water partition coefficient (Wildman–Crippen LogP) is 4.34. The van der Waals surface area contributed by atoms with E-state index in [1.165, 1.54) is 4.31 Å². The molecule has 3 rings (SSSR count). The molecule has 1 saturated heterocycles. The third-order valence-electron chi connectivity index (χ3n) is 4.62. The molecule has 144 valence electrons. The highest BCUT2D eigenvalue weighted by Crippen LogP contribution is 2.31. The van der Waals surface area contributed by atoms with Crippen molar-refractivity contribution in [3.63, 3.8) is 0 Å². The van der Waals surface area contributed by atoms with E-state index >= 15 is 0 Å². The molecule has 0 aromatic heterocycles. The van der Waals surface area contributed by atoms with Gasteiger partial charge >= 0.3 is 0 Å². The van der Waals surface area contributed by atoms with Gasteiger partial charge in [-0.15, -0.1) is 0 Å². The van der Waals surface area contributed by atoms with E-state index in [2.05, 4.69) is 5.32 Å². The van der Waals surface area contributed by atoms with Gasteiger partial charge in [-0.2, -0.15) is 4.31 Å². The van der Waals surface area contributed by atoms with Crippen molar-refractivity contribution in [2.75, 3.05) is 18.4 Å². The van der Waals surface area contributed by atoms with Crippen LogP contribution in [0.5, 0.6) is 0 Å². The fourth-order valence-electron chi connectivity index (χ4n) is 3.07. The van der Waals surface area contributed by atoms with Crippen LogP contribution in [0.25, 0.3) is 0 Å². The van der Waals surface area contributed by atoms with Gasteiger partial charge in [-0.05, 0) is 44.0 Å². The molecular formula is C19H20Cl2N2O3S. The van der Waals surface area contributed by atoms with Crippen LogP contribution in [0.4, 0.5) is 5.69 Å². The van der Waals surface area contributed by atoms with Crippen LogP contribution >= 0.6 is 23.2 Å². The fourth-order valence-corrected chi connectivity index (χ4v) is 4.94. The van der Waals surface area contributed by atoms with Gasteiger partial charge in [0.25, 0.3) is 0 Å². The SMILES string of the molecule is Cc1ccc(S(=O)(=O)N2CCCC(C(=O)Nc3cccc(Cl)c3Cl)C2)cc1. The van der Waals surface area contributed by atoms with Crippen molar-refractivity contribution < 1.29 is 13.2 Å². The van der Waals surface area contributed by atoms with Crippen LogP contribution in [0.2, 0.25) is 10.0 Å². The fraction of sp³-hybridized carbons (Fsp3) is 0.316. The van der Waals surface area contributed by atoms with Gasteiger partial charge in [0.2, 0.25) is 15.9 Å². The smallest absolute Gasteiger partial charge is 0.243 e. The molecule has 0 radical (unpaired) electrons. The van der Waals surface area contributed by atoms with Crippen molar-refractivity contribution in [1.29, 1.82) is 0 Å². The molecular weight excluding hydrogens is 407 g/mol. The molecule has 2 aromatic carbocycles. The van der Waals surface area contributed by atoms with Crippen LogP contribution in [0.15, 0.2) is 47.4 Å². The van der Waals surface area contributed by atoms with E-state index in [0.29, 0.717) is 30.1 Å². The van der Waals surface area contributed by atoms with Gasteiger partial charge in [-0.25, -0.2) is 8.42 Å². The van der Waals surface area contributed by atoms with Gasteiger partial charge in [0, 0.05) is 13.1 Å². The summed E-state index contributed by atoms with van der Waals surface area (Å²) < 4.78 is 27.1. The second kappa shape index (κ2) is 8.19. The largest absolute Gasteiger partial charge is 0.324 e. The lowest BCUT2D eigenvalue weighted by Gasteiger charge is -2.31. The predicted molar refractivity (Wildman–Crippen MR) is 108 cm³/mol. The molecule has 0 bridgehead atoms. The first-order valence-electron chi connectivity index (χ1n) is 8.61. The maximum atomic E-state index is 12.9. The molecule has 1 heterocycles. The number of hydrogen-bond donors (Lipinski definition) is 1. The Labute approximate surface area is 169 Å². The Morgan fingerprint density at radius 2 is 1.85 bits per heavy atom. The number of hydrogen-bond acceptors (Lipinski definition) is 3. The minimum absolute atomic E-state index is 0.139.